The number of para-hydroxylation sites is 2. The van der Waals surface area contributed by atoms with E-state index in [2.05, 4.69) is 5.32 Å². The molecule has 0 spiro atoms. The number of hydrogen-bond acceptors (Lipinski definition) is 5. The Morgan fingerprint density at radius 3 is 2.54 bits per heavy atom. The van der Waals surface area contributed by atoms with E-state index in [1.54, 1.807) is 6.07 Å². The number of esters is 1. The summed E-state index contributed by atoms with van der Waals surface area (Å²) in [7, 11) is 0. The number of furan rings is 1. The number of rotatable bonds is 8. The number of fused-ring (bicyclic) bond motifs is 1. The lowest BCUT2D eigenvalue weighted by molar-refractivity contribution is -0.124. The van der Waals surface area contributed by atoms with Crippen LogP contribution in [0.25, 0.3) is 11.0 Å². The van der Waals surface area contributed by atoms with Gasteiger partial charge in [0.1, 0.15) is 17.9 Å². The minimum absolute atomic E-state index is 0.0206. The summed E-state index contributed by atoms with van der Waals surface area (Å²) < 4.78 is 16.6. The van der Waals surface area contributed by atoms with Crippen molar-refractivity contribution >= 4 is 22.8 Å². The van der Waals surface area contributed by atoms with Crippen LogP contribution in [0.3, 0.4) is 0 Å². The van der Waals surface area contributed by atoms with Gasteiger partial charge in [0.2, 0.25) is 5.76 Å². The number of carbonyl (C=O) groups is 2. The van der Waals surface area contributed by atoms with E-state index in [-0.39, 0.29) is 30.9 Å². The zero-order chi connectivity index (χ0) is 19.9. The summed E-state index contributed by atoms with van der Waals surface area (Å²) in [5.41, 5.74) is 1.15. The molecule has 1 amide bonds. The highest BCUT2D eigenvalue weighted by Gasteiger charge is 2.23. The summed E-state index contributed by atoms with van der Waals surface area (Å²) in [5.74, 6) is -0.309. The molecule has 2 aromatic carbocycles. The third-order valence-corrected chi connectivity index (χ3v) is 4.36. The van der Waals surface area contributed by atoms with Gasteiger partial charge in [-0.05, 0) is 31.5 Å². The van der Waals surface area contributed by atoms with Gasteiger partial charge in [-0.2, -0.15) is 0 Å². The van der Waals surface area contributed by atoms with Crippen molar-refractivity contribution in [3.63, 3.8) is 0 Å². The van der Waals surface area contributed by atoms with Crippen molar-refractivity contribution in [1.82, 2.24) is 5.32 Å². The molecule has 1 atom stereocenters. The fraction of sp³-hybridized carbons (Fsp3) is 0.273. The monoisotopic (exact) mass is 381 g/mol. The van der Waals surface area contributed by atoms with E-state index in [1.165, 1.54) is 0 Å². The van der Waals surface area contributed by atoms with Crippen LogP contribution in [-0.2, 0) is 16.1 Å². The van der Waals surface area contributed by atoms with Gasteiger partial charge in [0.05, 0.1) is 5.56 Å². The summed E-state index contributed by atoms with van der Waals surface area (Å²) in [6, 6.07) is 16.6. The molecule has 28 heavy (non-hydrogen) atoms. The lowest BCUT2D eigenvalue weighted by Crippen LogP contribution is -2.35. The van der Waals surface area contributed by atoms with Gasteiger partial charge in [-0.1, -0.05) is 43.3 Å². The maximum atomic E-state index is 12.6. The molecule has 0 aliphatic carbocycles. The number of hydrogen-bond donors (Lipinski definition) is 1. The van der Waals surface area contributed by atoms with E-state index in [0.717, 1.165) is 11.8 Å². The fourth-order valence-corrected chi connectivity index (χ4v) is 2.69. The van der Waals surface area contributed by atoms with Gasteiger partial charge >= 0.3 is 5.97 Å². The van der Waals surface area contributed by atoms with Crippen molar-refractivity contribution < 1.29 is 23.5 Å². The lowest BCUT2D eigenvalue weighted by atomic mass is 10.1. The Kier molecular flexibility index (Phi) is 6.32. The van der Waals surface area contributed by atoms with E-state index in [0.29, 0.717) is 16.9 Å². The number of amides is 1. The molecule has 3 aromatic rings. The second kappa shape index (κ2) is 9.08. The van der Waals surface area contributed by atoms with Crippen molar-refractivity contribution in [3.8, 4) is 5.75 Å². The Bertz CT molecular complexity index is 948. The third kappa shape index (κ3) is 4.71. The second-order valence-electron chi connectivity index (χ2n) is 6.46. The van der Waals surface area contributed by atoms with Gasteiger partial charge in [-0.25, -0.2) is 4.79 Å². The topological polar surface area (TPSA) is 77.8 Å². The first kappa shape index (κ1) is 19.5. The van der Waals surface area contributed by atoms with Crippen LogP contribution in [0, 0.1) is 0 Å². The van der Waals surface area contributed by atoms with Crippen LogP contribution in [-0.4, -0.2) is 24.5 Å². The van der Waals surface area contributed by atoms with Gasteiger partial charge in [0.15, 0.2) is 6.61 Å². The van der Waals surface area contributed by atoms with Crippen molar-refractivity contribution in [2.24, 2.45) is 0 Å². The lowest BCUT2D eigenvalue weighted by Gasteiger charge is -2.11. The average molecular weight is 381 g/mol. The molecule has 0 aliphatic rings. The Labute approximate surface area is 163 Å². The van der Waals surface area contributed by atoms with Gasteiger partial charge in [-0.3, -0.25) is 4.79 Å². The molecule has 6 nitrogen and oxygen atoms in total. The summed E-state index contributed by atoms with van der Waals surface area (Å²) in [5, 5.41) is 3.53. The maximum Gasteiger partial charge on any atom is 0.375 e. The molecule has 3 rings (SSSR count). The van der Waals surface area contributed by atoms with Gasteiger partial charge in [0.25, 0.3) is 5.91 Å². The highest BCUT2D eigenvalue weighted by molar-refractivity contribution is 5.96. The van der Waals surface area contributed by atoms with Crippen molar-refractivity contribution in [2.45, 2.75) is 32.9 Å². The zero-order valence-corrected chi connectivity index (χ0v) is 15.9. The minimum Gasteiger partial charge on any atom is -0.489 e. The van der Waals surface area contributed by atoms with Crippen LogP contribution in [0.2, 0.25) is 0 Å². The Morgan fingerprint density at radius 2 is 1.79 bits per heavy atom. The molecule has 0 radical (unpaired) electrons. The van der Waals surface area contributed by atoms with E-state index in [4.69, 9.17) is 13.9 Å². The molecule has 0 saturated heterocycles. The number of carbonyl (C=O) groups excluding carboxylic acids is 2. The van der Waals surface area contributed by atoms with Crippen LogP contribution in [0.4, 0.5) is 0 Å². The number of ether oxygens (including phenoxy) is 2. The maximum absolute atomic E-state index is 12.6. The van der Waals surface area contributed by atoms with Crippen LogP contribution in [0.15, 0.2) is 59.0 Å². The fourth-order valence-electron chi connectivity index (χ4n) is 2.69. The molecule has 0 unspecified atom stereocenters. The largest absolute Gasteiger partial charge is 0.489 e. The summed E-state index contributed by atoms with van der Waals surface area (Å²) >= 11 is 0. The van der Waals surface area contributed by atoms with Crippen LogP contribution >= 0.6 is 0 Å². The quantitative estimate of drug-likeness (QED) is 0.595. The first-order valence-electron chi connectivity index (χ1n) is 9.23. The molecule has 0 bridgehead atoms. The Morgan fingerprint density at radius 1 is 1.07 bits per heavy atom. The predicted octanol–water partition coefficient (Wildman–Crippen LogP) is 4.08. The van der Waals surface area contributed by atoms with Crippen LogP contribution < -0.4 is 10.1 Å². The van der Waals surface area contributed by atoms with Gasteiger partial charge in [0, 0.05) is 11.4 Å². The first-order chi connectivity index (χ1) is 13.6. The van der Waals surface area contributed by atoms with Crippen molar-refractivity contribution in [2.75, 3.05) is 6.61 Å². The number of benzene rings is 2. The molecular formula is C22H23NO5. The third-order valence-electron chi connectivity index (χ3n) is 4.36. The molecule has 6 heteroatoms. The molecule has 146 valence electrons. The summed E-state index contributed by atoms with van der Waals surface area (Å²) in [6.07, 6.45) is 0.796. The van der Waals surface area contributed by atoms with Gasteiger partial charge in [-0.15, -0.1) is 0 Å². The van der Waals surface area contributed by atoms with Crippen LogP contribution in [0.5, 0.6) is 5.75 Å². The number of nitrogens with one attached hydrogen (secondary N) is 1. The standard InChI is InChI=1S/C22H23NO5/c1-3-15(2)23-20(24)14-27-22(25)21-18(13-26-16-9-5-4-6-10-16)17-11-7-8-12-19(17)28-21/h4-12,15H,3,13-14H2,1-2H3,(H,23,24)/t15-/m0/s1. The minimum atomic E-state index is -0.692. The highest BCUT2D eigenvalue weighted by atomic mass is 16.5. The van der Waals surface area contributed by atoms with E-state index < -0.39 is 5.97 Å². The zero-order valence-electron chi connectivity index (χ0n) is 15.9. The molecule has 0 aliphatic heterocycles. The average Bonchev–Trinajstić information content (AvgIpc) is 3.10. The van der Waals surface area contributed by atoms with E-state index in [1.807, 2.05) is 62.4 Å². The normalized spacial score (nSPS) is 11.8. The molecule has 0 saturated carbocycles. The molecule has 0 fully saturated rings. The molecule has 1 aromatic heterocycles. The highest BCUT2D eigenvalue weighted by Crippen LogP contribution is 2.28. The summed E-state index contributed by atoms with van der Waals surface area (Å²) in [6.45, 7) is 3.63. The summed E-state index contributed by atoms with van der Waals surface area (Å²) in [4.78, 5) is 24.4. The Balaban J connectivity index is 1.76. The van der Waals surface area contributed by atoms with Gasteiger partial charge < -0.3 is 19.2 Å². The second-order valence-corrected chi connectivity index (χ2v) is 6.46. The Hall–Kier alpha value is -3.28. The molecule has 1 heterocycles. The molecular weight excluding hydrogens is 358 g/mol. The molecule has 1 N–H and O–H groups in total. The predicted molar refractivity (Wildman–Crippen MR) is 105 cm³/mol. The van der Waals surface area contributed by atoms with Crippen molar-refractivity contribution in [1.29, 1.82) is 0 Å². The SMILES string of the molecule is CC[C@H](C)NC(=O)COC(=O)c1oc2ccccc2c1COc1ccccc1. The first-order valence-corrected chi connectivity index (χ1v) is 9.23. The smallest absolute Gasteiger partial charge is 0.375 e. The van der Waals surface area contributed by atoms with E-state index in [9.17, 15) is 9.59 Å². The van der Waals surface area contributed by atoms with Crippen molar-refractivity contribution in [3.05, 3.63) is 65.9 Å². The van der Waals surface area contributed by atoms with Crippen LogP contribution in [0.1, 0.15) is 36.4 Å². The van der Waals surface area contributed by atoms with E-state index >= 15 is 0 Å².